The summed E-state index contributed by atoms with van der Waals surface area (Å²) < 4.78 is 2.30. The van der Waals surface area contributed by atoms with Crippen LogP contribution in [0.2, 0.25) is 0 Å². The van der Waals surface area contributed by atoms with Crippen LogP contribution in [0.15, 0.2) is 36.0 Å². The van der Waals surface area contributed by atoms with Crippen LogP contribution in [0.25, 0.3) is 10.9 Å². The highest BCUT2D eigenvalue weighted by molar-refractivity contribution is 7.09. The summed E-state index contributed by atoms with van der Waals surface area (Å²) in [5.74, 6) is 0. The Morgan fingerprint density at radius 2 is 2.21 bits per heavy atom. The molecule has 2 aromatic heterocycles. The molecule has 4 heteroatoms. The highest BCUT2D eigenvalue weighted by Crippen LogP contribution is 2.21. The summed E-state index contributed by atoms with van der Waals surface area (Å²) in [4.78, 5) is 5.67. The Morgan fingerprint density at radius 3 is 2.95 bits per heavy atom. The zero-order valence-electron chi connectivity index (χ0n) is 11.0. The Morgan fingerprint density at radius 1 is 1.32 bits per heavy atom. The van der Waals surface area contributed by atoms with E-state index in [4.69, 9.17) is 5.73 Å². The lowest BCUT2D eigenvalue weighted by Crippen LogP contribution is -2.01. The molecule has 0 bridgehead atoms. The third-order valence-electron chi connectivity index (χ3n) is 3.55. The summed E-state index contributed by atoms with van der Waals surface area (Å²) in [6.45, 7) is 3.65. The number of hydrogen-bond acceptors (Lipinski definition) is 3. The maximum atomic E-state index is 5.78. The quantitative estimate of drug-likeness (QED) is 0.792. The van der Waals surface area contributed by atoms with E-state index in [1.807, 2.05) is 5.51 Å². The van der Waals surface area contributed by atoms with Gasteiger partial charge in [-0.15, -0.1) is 11.3 Å². The molecule has 3 nitrogen and oxygen atoms in total. The van der Waals surface area contributed by atoms with Gasteiger partial charge >= 0.3 is 0 Å². The van der Waals surface area contributed by atoms with Gasteiger partial charge in [-0.2, -0.15) is 0 Å². The monoisotopic (exact) mass is 271 g/mol. The Hall–Kier alpha value is -1.65. The van der Waals surface area contributed by atoms with Crippen LogP contribution >= 0.6 is 11.3 Å². The van der Waals surface area contributed by atoms with Crippen molar-refractivity contribution in [2.75, 3.05) is 0 Å². The minimum atomic E-state index is 0.593. The minimum absolute atomic E-state index is 0.593. The molecular formula is C15H17N3S. The van der Waals surface area contributed by atoms with Crippen molar-refractivity contribution in [2.24, 2.45) is 5.73 Å². The van der Waals surface area contributed by atoms with Gasteiger partial charge in [-0.1, -0.05) is 12.1 Å². The Kier molecular flexibility index (Phi) is 3.36. The summed E-state index contributed by atoms with van der Waals surface area (Å²) in [6.07, 6.45) is 3.19. The van der Waals surface area contributed by atoms with Crippen molar-refractivity contribution in [3.63, 3.8) is 0 Å². The fraction of sp³-hybridized carbons (Fsp3) is 0.267. The van der Waals surface area contributed by atoms with Gasteiger partial charge in [0.1, 0.15) is 0 Å². The molecule has 0 saturated heterocycles. The number of fused-ring (bicyclic) bond motifs is 1. The Labute approximate surface area is 116 Å². The molecule has 0 aliphatic heterocycles. The van der Waals surface area contributed by atoms with Gasteiger partial charge in [0, 0.05) is 41.5 Å². The molecule has 0 aliphatic rings. The smallest absolute Gasteiger partial charge is 0.0797 e. The second kappa shape index (κ2) is 5.15. The Balaban J connectivity index is 1.88. The molecule has 0 unspecified atom stereocenters. The summed E-state index contributed by atoms with van der Waals surface area (Å²) in [5.41, 5.74) is 11.3. The predicted octanol–water partition coefficient (Wildman–Crippen LogP) is 3.11. The number of aryl methyl sites for hydroxylation is 3. The number of benzene rings is 1. The van der Waals surface area contributed by atoms with E-state index in [1.165, 1.54) is 21.3 Å². The molecule has 0 atom stereocenters. The van der Waals surface area contributed by atoms with E-state index in [2.05, 4.69) is 46.9 Å². The first-order valence-corrected chi connectivity index (χ1v) is 7.33. The van der Waals surface area contributed by atoms with Gasteiger partial charge in [-0.25, -0.2) is 4.98 Å². The predicted molar refractivity (Wildman–Crippen MR) is 80.4 cm³/mol. The molecule has 98 valence electrons. The highest BCUT2D eigenvalue weighted by atomic mass is 32.1. The van der Waals surface area contributed by atoms with Crippen LogP contribution in [-0.4, -0.2) is 9.55 Å². The van der Waals surface area contributed by atoms with Crippen LogP contribution in [0.4, 0.5) is 0 Å². The maximum absolute atomic E-state index is 5.78. The molecule has 0 radical (unpaired) electrons. The van der Waals surface area contributed by atoms with Crippen molar-refractivity contribution in [3.05, 3.63) is 52.1 Å². The summed E-state index contributed by atoms with van der Waals surface area (Å²) in [5, 5.41) is 1.27. The fourth-order valence-corrected chi connectivity index (χ4v) is 3.22. The van der Waals surface area contributed by atoms with Gasteiger partial charge in [0.05, 0.1) is 11.2 Å². The molecule has 2 N–H and O–H groups in total. The van der Waals surface area contributed by atoms with Gasteiger partial charge in [-0.3, -0.25) is 0 Å². The molecular weight excluding hydrogens is 254 g/mol. The van der Waals surface area contributed by atoms with Crippen molar-refractivity contribution in [3.8, 4) is 0 Å². The van der Waals surface area contributed by atoms with Crippen molar-refractivity contribution >= 4 is 22.2 Å². The van der Waals surface area contributed by atoms with E-state index in [9.17, 15) is 0 Å². The molecule has 0 amide bonds. The number of rotatable bonds is 4. The van der Waals surface area contributed by atoms with Crippen LogP contribution < -0.4 is 5.73 Å². The molecule has 0 fully saturated rings. The van der Waals surface area contributed by atoms with Crippen molar-refractivity contribution in [1.29, 1.82) is 0 Å². The second-order valence-electron chi connectivity index (χ2n) is 4.67. The average Bonchev–Trinajstić information content (AvgIpc) is 3.02. The summed E-state index contributed by atoms with van der Waals surface area (Å²) in [7, 11) is 0. The number of aromatic nitrogens is 2. The zero-order chi connectivity index (χ0) is 13.2. The second-order valence-corrected chi connectivity index (χ2v) is 5.61. The fourth-order valence-electron chi connectivity index (χ4n) is 2.45. The van der Waals surface area contributed by atoms with E-state index in [0.29, 0.717) is 6.54 Å². The summed E-state index contributed by atoms with van der Waals surface area (Å²) in [6, 6.07) is 8.50. The van der Waals surface area contributed by atoms with Crippen LogP contribution in [0.1, 0.15) is 16.1 Å². The largest absolute Gasteiger partial charge is 0.347 e. The summed E-state index contributed by atoms with van der Waals surface area (Å²) >= 11 is 1.74. The molecule has 19 heavy (non-hydrogen) atoms. The lowest BCUT2D eigenvalue weighted by atomic mass is 10.1. The molecule has 1 aromatic carbocycles. The molecule has 3 rings (SSSR count). The van der Waals surface area contributed by atoms with E-state index >= 15 is 0 Å². The van der Waals surface area contributed by atoms with E-state index in [-0.39, 0.29) is 0 Å². The van der Waals surface area contributed by atoms with Gasteiger partial charge in [0.25, 0.3) is 0 Å². The molecule has 2 heterocycles. The molecule has 0 aliphatic carbocycles. The van der Waals surface area contributed by atoms with Gasteiger partial charge in [-0.05, 0) is 24.6 Å². The number of nitrogens with zero attached hydrogens (tertiary/aromatic N) is 2. The van der Waals surface area contributed by atoms with Gasteiger partial charge in [0.2, 0.25) is 0 Å². The lowest BCUT2D eigenvalue weighted by molar-refractivity contribution is 0.726. The van der Waals surface area contributed by atoms with Crippen molar-refractivity contribution in [1.82, 2.24) is 9.55 Å². The van der Waals surface area contributed by atoms with Crippen LogP contribution in [0.3, 0.4) is 0 Å². The average molecular weight is 271 g/mol. The van der Waals surface area contributed by atoms with Gasteiger partial charge in [0.15, 0.2) is 0 Å². The van der Waals surface area contributed by atoms with Gasteiger partial charge < -0.3 is 10.3 Å². The zero-order valence-corrected chi connectivity index (χ0v) is 11.8. The number of hydrogen-bond donors (Lipinski definition) is 1. The first-order valence-electron chi connectivity index (χ1n) is 6.45. The van der Waals surface area contributed by atoms with Crippen LogP contribution in [0.5, 0.6) is 0 Å². The topological polar surface area (TPSA) is 43.8 Å². The van der Waals surface area contributed by atoms with Crippen molar-refractivity contribution in [2.45, 2.75) is 26.4 Å². The maximum Gasteiger partial charge on any atom is 0.0797 e. The minimum Gasteiger partial charge on any atom is -0.347 e. The first-order chi connectivity index (χ1) is 9.29. The molecule has 0 spiro atoms. The van der Waals surface area contributed by atoms with E-state index in [1.54, 1.807) is 11.3 Å². The third-order valence-corrected chi connectivity index (χ3v) is 4.54. The standard InChI is InChI=1S/C15H17N3S/c1-11-15(19-10-17-11)6-8-18-7-5-13-12(9-16)3-2-4-14(13)18/h2-5,7,10H,6,8-9,16H2,1H3. The van der Waals surface area contributed by atoms with E-state index in [0.717, 1.165) is 18.7 Å². The number of thiazole rings is 1. The molecule has 3 aromatic rings. The van der Waals surface area contributed by atoms with E-state index < -0.39 is 0 Å². The molecule has 0 saturated carbocycles. The highest BCUT2D eigenvalue weighted by Gasteiger charge is 2.06. The van der Waals surface area contributed by atoms with Crippen LogP contribution in [-0.2, 0) is 19.5 Å². The number of nitrogens with two attached hydrogens (primary N) is 1. The van der Waals surface area contributed by atoms with Crippen LogP contribution in [0, 0.1) is 6.92 Å². The third kappa shape index (κ3) is 2.29. The lowest BCUT2D eigenvalue weighted by Gasteiger charge is -2.06. The SMILES string of the molecule is Cc1ncsc1CCn1ccc2c(CN)cccc21. The first kappa shape index (κ1) is 12.4. The van der Waals surface area contributed by atoms with Crippen molar-refractivity contribution < 1.29 is 0 Å². The normalized spacial score (nSPS) is 11.3. The Bertz CT molecular complexity index is 696.